The highest BCUT2D eigenvalue weighted by Crippen LogP contribution is 2.35. The molecule has 0 saturated carbocycles. The van der Waals surface area contributed by atoms with Gasteiger partial charge in [0, 0.05) is 61.9 Å². The minimum absolute atomic E-state index is 0.0922. The van der Waals surface area contributed by atoms with Crippen LogP contribution in [-0.2, 0) is 11.3 Å². The Morgan fingerprint density at radius 1 is 1.11 bits per heavy atom. The maximum absolute atomic E-state index is 12.8. The van der Waals surface area contributed by atoms with Crippen LogP contribution in [-0.4, -0.2) is 48.8 Å². The number of rotatable bonds is 5. The lowest BCUT2D eigenvalue weighted by atomic mass is 9.96. The van der Waals surface area contributed by atoms with Gasteiger partial charge in [0.1, 0.15) is 0 Å². The van der Waals surface area contributed by atoms with Crippen molar-refractivity contribution in [2.45, 2.75) is 26.3 Å². The van der Waals surface area contributed by atoms with Gasteiger partial charge >= 0.3 is 0 Å². The molecule has 0 bridgehead atoms. The number of fused-ring (bicyclic) bond motifs is 2. The normalized spacial score (nSPS) is 18.4. The first-order valence-corrected chi connectivity index (χ1v) is 12.4. The minimum atomic E-state index is -0.165. The number of hydrogen-bond donors (Lipinski definition) is 2. The maximum Gasteiger partial charge on any atom is 0.258 e. The number of anilines is 2. The zero-order valence-corrected chi connectivity index (χ0v) is 21.1. The lowest BCUT2D eigenvalue weighted by molar-refractivity contribution is -0.110. The molecule has 6 heteroatoms. The van der Waals surface area contributed by atoms with Gasteiger partial charge in [-0.1, -0.05) is 36.4 Å². The van der Waals surface area contributed by atoms with Crippen LogP contribution in [0.2, 0.25) is 0 Å². The van der Waals surface area contributed by atoms with Gasteiger partial charge in [0.2, 0.25) is 0 Å². The molecule has 3 aliphatic rings. The minimum Gasteiger partial charge on any atom is -0.358 e. The summed E-state index contributed by atoms with van der Waals surface area (Å²) in [5.74, 6) is -0.257. The maximum atomic E-state index is 12.8. The first-order chi connectivity index (χ1) is 17.4. The van der Waals surface area contributed by atoms with E-state index in [9.17, 15) is 9.59 Å². The van der Waals surface area contributed by atoms with Crippen LogP contribution in [0.5, 0.6) is 0 Å². The quantitative estimate of drug-likeness (QED) is 0.577. The Labute approximate surface area is 212 Å². The van der Waals surface area contributed by atoms with Gasteiger partial charge in [0.25, 0.3) is 11.8 Å². The van der Waals surface area contributed by atoms with Gasteiger partial charge in [-0.25, -0.2) is 0 Å². The van der Waals surface area contributed by atoms with Crippen LogP contribution in [0.15, 0.2) is 83.6 Å². The number of nitrogens with one attached hydrogen (secondary N) is 2. The zero-order valence-electron chi connectivity index (χ0n) is 21.1. The van der Waals surface area contributed by atoms with Crippen LogP contribution in [0.4, 0.5) is 11.4 Å². The second-order valence-electron chi connectivity index (χ2n) is 9.77. The summed E-state index contributed by atoms with van der Waals surface area (Å²) in [4.78, 5) is 29.2. The molecule has 0 saturated heterocycles. The van der Waals surface area contributed by atoms with Gasteiger partial charge in [0.15, 0.2) is 0 Å². The lowest BCUT2D eigenvalue weighted by Gasteiger charge is -2.19. The average molecular weight is 481 g/mol. The fourth-order valence-electron chi connectivity index (χ4n) is 4.99. The smallest absolute Gasteiger partial charge is 0.258 e. The molecule has 184 valence electrons. The standard InChI is InChI=1S/C30H32N4O2/c1-20(28-26-18-24(30(36)33(2)3)10-13-27(26)32-29(28)35)31-25-11-8-21(9-12-25)19-34-16-14-22-6-4-5-7-23(22)15-17-34/h4-6,8-13,15,18,31H,7,14,16-17,19H2,1-3H3,(H,32,35)/b28-20-. The van der Waals surface area contributed by atoms with E-state index >= 15 is 0 Å². The fourth-order valence-corrected chi connectivity index (χ4v) is 4.99. The van der Waals surface area contributed by atoms with Crippen LogP contribution in [0.25, 0.3) is 5.57 Å². The zero-order chi connectivity index (χ0) is 25.2. The molecule has 1 aliphatic carbocycles. The molecule has 2 heterocycles. The van der Waals surface area contributed by atoms with E-state index < -0.39 is 0 Å². The van der Waals surface area contributed by atoms with E-state index in [2.05, 4.69) is 64.1 Å². The summed E-state index contributed by atoms with van der Waals surface area (Å²) in [5, 5.41) is 6.30. The summed E-state index contributed by atoms with van der Waals surface area (Å²) < 4.78 is 0. The Kier molecular flexibility index (Phi) is 6.61. The second-order valence-corrected chi connectivity index (χ2v) is 9.77. The van der Waals surface area contributed by atoms with Crippen molar-refractivity contribution >= 4 is 28.8 Å². The largest absolute Gasteiger partial charge is 0.358 e. The molecule has 2 aromatic rings. The number of allylic oxidation sites excluding steroid dienone is 5. The Morgan fingerprint density at radius 2 is 1.92 bits per heavy atom. The highest BCUT2D eigenvalue weighted by atomic mass is 16.2. The third-order valence-corrected chi connectivity index (χ3v) is 6.96. The molecule has 5 rings (SSSR count). The Balaban J connectivity index is 1.29. The molecule has 0 spiro atoms. The summed E-state index contributed by atoms with van der Waals surface area (Å²) in [7, 11) is 3.44. The van der Waals surface area contributed by atoms with E-state index in [1.54, 1.807) is 32.3 Å². The average Bonchev–Trinajstić information content (AvgIpc) is 3.07. The van der Waals surface area contributed by atoms with Gasteiger partial charge in [-0.15, -0.1) is 0 Å². The number of nitrogens with zero attached hydrogens (tertiary/aromatic N) is 2. The van der Waals surface area contributed by atoms with Crippen LogP contribution in [0.3, 0.4) is 0 Å². The monoisotopic (exact) mass is 480 g/mol. The van der Waals surface area contributed by atoms with Crippen molar-refractivity contribution < 1.29 is 9.59 Å². The van der Waals surface area contributed by atoms with Crippen molar-refractivity contribution in [2.75, 3.05) is 37.8 Å². The lowest BCUT2D eigenvalue weighted by Crippen LogP contribution is -2.23. The van der Waals surface area contributed by atoms with E-state index in [0.717, 1.165) is 55.1 Å². The molecular formula is C30H32N4O2. The van der Waals surface area contributed by atoms with Crippen LogP contribution >= 0.6 is 0 Å². The molecule has 2 aliphatic heterocycles. The molecule has 6 nitrogen and oxygen atoms in total. The number of hydrogen-bond acceptors (Lipinski definition) is 4. The van der Waals surface area contributed by atoms with Crippen molar-refractivity contribution in [1.29, 1.82) is 0 Å². The van der Waals surface area contributed by atoms with Crippen LogP contribution in [0.1, 0.15) is 41.3 Å². The highest BCUT2D eigenvalue weighted by Gasteiger charge is 2.27. The molecule has 0 fully saturated rings. The third-order valence-electron chi connectivity index (χ3n) is 6.96. The number of carbonyl (C=O) groups excluding carboxylic acids is 2. The second kappa shape index (κ2) is 9.99. The van der Waals surface area contributed by atoms with Crippen molar-refractivity contribution in [2.24, 2.45) is 0 Å². The van der Waals surface area contributed by atoms with Crippen molar-refractivity contribution in [1.82, 2.24) is 9.80 Å². The molecule has 0 unspecified atom stereocenters. The van der Waals surface area contributed by atoms with Gasteiger partial charge in [-0.2, -0.15) is 0 Å². The van der Waals surface area contributed by atoms with Crippen LogP contribution in [0, 0.1) is 0 Å². The fraction of sp³-hybridized carbons (Fsp3) is 0.267. The third kappa shape index (κ3) is 4.90. The summed E-state index contributed by atoms with van der Waals surface area (Å²) in [6.45, 7) is 4.83. The van der Waals surface area contributed by atoms with Gasteiger partial charge in [0.05, 0.1) is 5.57 Å². The molecule has 0 aromatic heterocycles. The van der Waals surface area contributed by atoms with E-state index in [4.69, 9.17) is 0 Å². The van der Waals surface area contributed by atoms with Gasteiger partial charge in [-0.3, -0.25) is 14.5 Å². The molecule has 2 amide bonds. The van der Waals surface area contributed by atoms with E-state index in [-0.39, 0.29) is 11.8 Å². The van der Waals surface area contributed by atoms with Crippen LogP contribution < -0.4 is 10.6 Å². The molecule has 2 aromatic carbocycles. The van der Waals surface area contributed by atoms with Crippen molar-refractivity contribution in [3.63, 3.8) is 0 Å². The first-order valence-electron chi connectivity index (χ1n) is 12.4. The van der Waals surface area contributed by atoms with Gasteiger partial charge < -0.3 is 15.5 Å². The van der Waals surface area contributed by atoms with E-state index in [0.29, 0.717) is 11.1 Å². The SMILES string of the molecule is C/C(Nc1ccc(CN2CC=C3CC=CC=C3CC2)cc1)=C1/C(=O)Nc2ccc(C(=O)N(C)C)cc21. The van der Waals surface area contributed by atoms with Crippen molar-refractivity contribution in [3.05, 3.63) is 100 Å². The Bertz CT molecular complexity index is 1330. The molecule has 0 atom stereocenters. The van der Waals surface area contributed by atoms with Crippen molar-refractivity contribution in [3.8, 4) is 0 Å². The topological polar surface area (TPSA) is 64.7 Å². The predicted octanol–water partition coefficient (Wildman–Crippen LogP) is 5.20. The highest BCUT2D eigenvalue weighted by molar-refractivity contribution is 6.32. The molecule has 2 N–H and O–H groups in total. The Morgan fingerprint density at radius 3 is 2.69 bits per heavy atom. The van der Waals surface area contributed by atoms with E-state index in [1.807, 2.05) is 6.92 Å². The van der Waals surface area contributed by atoms with E-state index in [1.165, 1.54) is 21.6 Å². The predicted molar refractivity (Wildman–Crippen MR) is 146 cm³/mol. The summed E-state index contributed by atoms with van der Waals surface area (Å²) in [6.07, 6.45) is 11.2. The first kappa shape index (κ1) is 23.8. The number of carbonyl (C=O) groups is 2. The molecular weight excluding hydrogens is 448 g/mol. The summed E-state index contributed by atoms with van der Waals surface area (Å²) in [5.41, 5.74) is 8.46. The Hall–Kier alpha value is -3.90. The number of benzene rings is 2. The number of amides is 2. The van der Waals surface area contributed by atoms with Gasteiger partial charge in [-0.05, 0) is 66.8 Å². The summed E-state index contributed by atoms with van der Waals surface area (Å²) in [6, 6.07) is 13.7. The summed E-state index contributed by atoms with van der Waals surface area (Å²) >= 11 is 0. The molecule has 0 radical (unpaired) electrons. The molecule has 36 heavy (non-hydrogen) atoms.